The summed E-state index contributed by atoms with van der Waals surface area (Å²) in [7, 11) is -7.84. The predicted octanol–water partition coefficient (Wildman–Crippen LogP) is 2.42. The highest BCUT2D eigenvalue weighted by Crippen LogP contribution is 2.53. The zero-order valence-corrected chi connectivity index (χ0v) is 12.8. The van der Waals surface area contributed by atoms with Crippen molar-refractivity contribution in [2.24, 2.45) is 0 Å². The van der Waals surface area contributed by atoms with E-state index in [0.717, 1.165) is 0 Å². The number of rotatable bonds is 4. The van der Waals surface area contributed by atoms with E-state index >= 15 is 0 Å². The van der Waals surface area contributed by atoms with Crippen molar-refractivity contribution >= 4 is 19.7 Å². The molecule has 0 bridgehead atoms. The highest BCUT2D eigenvalue weighted by Gasteiger charge is 2.65. The molecule has 110 valence electrons. The molecule has 1 aliphatic carbocycles. The molecule has 3 rings (SSSR count). The Labute approximate surface area is 124 Å². The molecule has 0 aliphatic heterocycles. The van der Waals surface area contributed by atoms with Crippen molar-refractivity contribution in [3.63, 3.8) is 0 Å². The molecule has 6 heteroatoms. The van der Waals surface area contributed by atoms with Gasteiger partial charge in [-0.3, -0.25) is 0 Å². The lowest BCUT2D eigenvalue weighted by Gasteiger charge is -2.17. The van der Waals surface area contributed by atoms with Crippen molar-refractivity contribution < 1.29 is 16.8 Å². The zero-order chi connectivity index (χ0) is 15.1. The largest absolute Gasteiger partial charge is 0.222 e. The van der Waals surface area contributed by atoms with Gasteiger partial charge in [0.15, 0.2) is 23.8 Å². The number of benzene rings is 2. The van der Waals surface area contributed by atoms with E-state index in [1.807, 2.05) is 0 Å². The molecule has 1 saturated carbocycles. The summed E-state index contributed by atoms with van der Waals surface area (Å²) in [6, 6.07) is 15.5. The van der Waals surface area contributed by atoms with Gasteiger partial charge in [0.05, 0.1) is 9.79 Å². The van der Waals surface area contributed by atoms with Gasteiger partial charge in [0.2, 0.25) is 0 Å². The van der Waals surface area contributed by atoms with E-state index in [1.165, 1.54) is 24.3 Å². The molecule has 0 aromatic heterocycles. The van der Waals surface area contributed by atoms with Crippen molar-refractivity contribution in [3.05, 3.63) is 60.7 Å². The summed E-state index contributed by atoms with van der Waals surface area (Å²) in [6.07, 6.45) is 0.281. The molecule has 0 N–H and O–H groups in total. The molecular weight excluding hydrogens is 308 g/mol. The first-order valence-corrected chi connectivity index (χ1v) is 9.48. The summed E-state index contributed by atoms with van der Waals surface area (Å²) >= 11 is 0. The minimum absolute atomic E-state index is 0.0574. The monoisotopic (exact) mass is 322 g/mol. The van der Waals surface area contributed by atoms with Crippen LogP contribution in [0.3, 0.4) is 0 Å². The lowest BCUT2D eigenvalue weighted by molar-refractivity contribution is 0.572. The van der Waals surface area contributed by atoms with Crippen molar-refractivity contribution in [2.75, 3.05) is 0 Å². The summed E-state index contributed by atoms with van der Waals surface area (Å²) in [4.78, 5) is 0.115. The first-order valence-electron chi connectivity index (χ1n) is 6.51. The van der Waals surface area contributed by atoms with Crippen LogP contribution in [0.5, 0.6) is 0 Å². The van der Waals surface area contributed by atoms with Crippen molar-refractivity contribution in [1.82, 2.24) is 0 Å². The molecule has 0 spiro atoms. The lowest BCUT2D eigenvalue weighted by Crippen LogP contribution is -2.33. The normalized spacial score (nSPS) is 17.3. The van der Waals surface area contributed by atoms with Crippen LogP contribution < -0.4 is 0 Å². The first kappa shape index (κ1) is 14.3. The minimum atomic E-state index is -3.92. The van der Waals surface area contributed by atoms with Crippen LogP contribution in [-0.4, -0.2) is 20.9 Å². The molecule has 4 nitrogen and oxygen atoms in total. The molecular formula is C15H14O4S2. The van der Waals surface area contributed by atoms with E-state index < -0.39 is 23.8 Å². The third-order valence-corrected chi connectivity index (χ3v) is 9.62. The Kier molecular flexibility index (Phi) is 3.18. The maximum absolute atomic E-state index is 12.8. The Bertz CT molecular complexity index is 779. The summed E-state index contributed by atoms with van der Waals surface area (Å²) in [6.45, 7) is 0. The number of hydrogen-bond acceptors (Lipinski definition) is 4. The maximum Gasteiger partial charge on any atom is 0.198 e. The van der Waals surface area contributed by atoms with E-state index in [4.69, 9.17) is 0 Å². The van der Waals surface area contributed by atoms with Gasteiger partial charge in [-0.25, -0.2) is 16.8 Å². The maximum atomic E-state index is 12.8. The zero-order valence-electron chi connectivity index (χ0n) is 11.1. The van der Waals surface area contributed by atoms with Crippen molar-refractivity contribution in [2.45, 2.75) is 26.7 Å². The Morgan fingerprint density at radius 3 is 1.24 bits per heavy atom. The topological polar surface area (TPSA) is 68.3 Å². The number of hydrogen-bond donors (Lipinski definition) is 0. The molecule has 0 unspecified atom stereocenters. The van der Waals surface area contributed by atoms with Crippen molar-refractivity contribution in [3.8, 4) is 0 Å². The average molecular weight is 322 g/mol. The van der Waals surface area contributed by atoms with Gasteiger partial charge in [-0.1, -0.05) is 36.4 Å². The standard InChI is InChI=1S/C15H14O4S2/c16-20(17,13-7-3-1-4-8-13)15(11-12-15)21(18,19)14-9-5-2-6-10-14/h1-10H,11-12H2. The van der Waals surface area contributed by atoms with Crippen molar-refractivity contribution in [1.29, 1.82) is 0 Å². The SMILES string of the molecule is O=S(=O)(c1ccccc1)C1(S(=O)(=O)c2ccccc2)CC1. The molecule has 2 aromatic carbocycles. The third kappa shape index (κ3) is 2.01. The fourth-order valence-electron chi connectivity index (χ4n) is 2.41. The molecule has 2 aromatic rings. The summed E-state index contributed by atoms with van der Waals surface area (Å²) < 4.78 is 49.3. The fourth-order valence-corrected chi connectivity index (χ4v) is 7.31. The second-order valence-electron chi connectivity index (χ2n) is 5.04. The van der Waals surface area contributed by atoms with Crippen LogP contribution in [0.1, 0.15) is 12.8 Å². The van der Waals surface area contributed by atoms with Gasteiger partial charge in [-0.2, -0.15) is 0 Å². The fraction of sp³-hybridized carbons (Fsp3) is 0.200. The van der Waals surface area contributed by atoms with E-state index in [2.05, 4.69) is 0 Å². The molecule has 1 fully saturated rings. The quantitative estimate of drug-likeness (QED) is 0.867. The Morgan fingerprint density at radius 1 is 0.619 bits per heavy atom. The summed E-state index contributed by atoms with van der Waals surface area (Å²) in [5.74, 6) is 0. The van der Waals surface area contributed by atoms with Crippen LogP contribution in [-0.2, 0) is 19.7 Å². The molecule has 0 amide bonds. The van der Waals surface area contributed by atoms with Crippen LogP contribution >= 0.6 is 0 Å². The van der Waals surface area contributed by atoms with Gasteiger partial charge >= 0.3 is 0 Å². The summed E-state index contributed by atoms with van der Waals surface area (Å²) in [5.41, 5.74) is 0. The molecule has 1 aliphatic rings. The first-order chi connectivity index (χ1) is 9.92. The van der Waals surface area contributed by atoms with Gasteiger partial charge < -0.3 is 0 Å². The van der Waals surface area contributed by atoms with Crippen LogP contribution in [0.2, 0.25) is 0 Å². The molecule has 0 saturated heterocycles. The van der Waals surface area contributed by atoms with E-state index in [9.17, 15) is 16.8 Å². The molecule has 0 heterocycles. The highest BCUT2D eigenvalue weighted by atomic mass is 32.3. The van der Waals surface area contributed by atoms with Crippen LogP contribution in [0.25, 0.3) is 0 Å². The Hall–Kier alpha value is -1.66. The minimum Gasteiger partial charge on any atom is -0.222 e. The average Bonchev–Trinajstić information content (AvgIpc) is 3.31. The summed E-state index contributed by atoms with van der Waals surface area (Å²) in [5, 5.41) is 0. The lowest BCUT2D eigenvalue weighted by atomic mass is 10.4. The molecule has 21 heavy (non-hydrogen) atoms. The van der Waals surface area contributed by atoms with E-state index in [0.29, 0.717) is 0 Å². The van der Waals surface area contributed by atoms with E-state index in [-0.39, 0.29) is 22.6 Å². The van der Waals surface area contributed by atoms with Crippen LogP contribution in [0.4, 0.5) is 0 Å². The van der Waals surface area contributed by atoms with Crippen LogP contribution in [0, 0.1) is 0 Å². The van der Waals surface area contributed by atoms with Gasteiger partial charge in [0.1, 0.15) is 0 Å². The second kappa shape index (κ2) is 4.68. The van der Waals surface area contributed by atoms with Gasteiger partial charge in [-0.15, -0.1) is 0 Å². The molecule has 0 radical (unpaired) electrons. The van der Waals surface area contributed by atoms with Crippen LogP contribution in [0.15, 0.2) is 70.5 Å². The number of sulfone groups is 2. The van der Waals surface area contributed by atoms with Gasteiger partial charge in [-0.05, 0) is 37.1 Å². The predicted molar refractivity (Wildman–Crippen MR) is 79.2 cm³/mol. The van der Waals surface area contributed by atoms with Gasteiger partial charge in [0, 0.05) is 0 Å². The second-order valence-corrected chi connectivity index (χ2v) is 9.82. The Balaban J connectivity index is 2.15. The van der Waals surface area contributed by atoms with E-state index in [1.54, 1.807) is 36.4 Å². The third-order valence-electron chi connectivity index (χ3n) is 3.74. The smallest absolute Gasteiger partial charge is 0.198 e. The Morgan fingerprint density at radius 2 is 0.952 bits per heavy atom. The highest BCUT2D eigenvalue weighted by molar-refractivity contribution is 8.10. The van der Waals surface area contributed by atoms with Gasteiger partial charge in [0.25, 0.3) is 0 Å². The molecule has 0 atom stereocenters.